The molecule has 0 aliphatic heterocycles. The average molecular weight is 211 g/mol. The first-order valence-electron chi connectivity index (χ1n) is 7.01. The number of rotatable bonds is 10. The highest BCUT2D eigenvalue weighted by atomic mass is 14.2. The fourth-order valence-electron chi connectivity index (χ4n) is 2.20. The van der Waals surface area contributed by atoms with E-state index >= 15 is 0 Å². The monoisotopic (exact) mass is 211 g/mol. The molecule has 0 heterocycles. The summed E-state index contributed by atoms with van der Waals surface area (Å²) >= 11 is 0. The normalized spacial score (nSPS) is 15.2. The second kappa shape index (κ2) is 10.5. The summed E-state index contributed by atoms with van der Waals surface area (Å²) in [6.07, 6.45) is 12.3. The molecule has 2 atom stereocenters. The molecule has 1 radical (unpaired) electrons. The van der Waals surface area contributed by atoms with Gasteiger partial charge < -0.3 is 0 Å². The van der Waals surface area contributed by atoms with Gasteiger partial charge in [0.1, 0.15) is 0 Å². The SMILES string of the molecule is [CH2]CCCCCCCC(C)C(C)CCC. The second-order valence-corrected chi connectivity index (χ2v) is 5.15. The minimum Gasteiger partial charge on any atom is -0.0654 e. The first-order valence-corrected chi connectivity index (χ1v) is 7.01. The molecule has 0 saturated carbocycles. The van der Waals surface area contributed by atoms with Crippen molar-refractivity contribution < 1.29 is 0 Å². The van der Waals surface area contributed by atoms with Crippen LogP contribution in [0.5, 0.6) is 0 Å². The zero-order valence-electron chi connectivity index (χ0n) is 11.2. The van der Waals surface area contributed by atoms with Gasteiger partial charge in [0.15, 0.2) is 0 Å². The topological polar surface area (TPSA) is 0 Å². The van der Waals surface area contributed by atoms with E-state index in [-0.39, 0.29) is 0 Å². The van der Waals surface area contributed by atoms with E-state index in [1.165, 1.54) is 51.4 Å². The maximum absolute atomic E-state index is 3.88. The van der Waals surface area contributed by atoms with Gasteiger partial charge in [-0.3, -0.25) is 0 Å². The van der Waals surface area contributed by atoms with Crippen LogP contribution in [0.1, 0.15) is 78.6 Å². The molecule has 0 aliphatic carbocycles. The van der Waals surface area contributed by atoms with Crippen LogP contribution in [0.3, 0.4) is 0 Å². The maximum atomic E-state index is 3.88. The van der Waals surface area contributed by atoms with E-state index in [0.29, 0.717) is 0 Å². The van der Waals surface area contributed by atoms with E-state index in [1.807, 2.05) is 0 Å². The van der Waals surface area contributed by atoms with Crippen molar-refractivity contribution in [2.75, 3.05) is 0 Å². The molecule has 0 spiro atoms. The van der Waals surface area contributed by atoms with Crippen molar-refractivity contribution in [2.24, 2.45) is 11.8 Å². The number of unbranched alkanes of at least 4 members (excludes halogenated alkanes) is 5. The quantitative estimate of drug-likeness (QED) is 0.411. The van der Waals surface area contributed by atoms with Crippen LogP contribution in [0.25, 0.3) is 0 Å². The molecule has 0 aliphatic rings. The lowest BCUT2D eigenvalue weighted by Gasteiger charge is -2.18. The molecule has 0 fully saturated rings. The molecule has 0 aromatic carbocycles. The van der Waals surface area contributed by atoms with Crippen molar-refractivity contribution in [2.45, 2.75) is 78.6 Å². The van der Waals surface area contributed by atoms with Gasteiger partial charge in [-0.15, -0.1) is 0 Å². The molecule has 0 saturated heterocycles. The van der Waals surface area contributed by atoms with E-state index in [4.69, 9.17) is 0 Å². The van der Waals surface area contributed by atoms with Gasteiger partial charge in [-0.2, -0.15) is 0 Å². The standard InChI is InChI=1S/C15H31/c1-5-7-8-9-10-11-13-15(4)14(3)12-6-2/h14-15H,1,5-13H2,2-4H3. The fraction of sp³-hybridized carbons (Fsp3) is 0.933. The summed E-state index contributed by atoms with van der Waals surface area (Å²) in [5.41, 5.74) is 0. The van der Waals surface area contributed by atoms with E-state index in [9.17, 15) is 0 Å². The zero-order chi connectivity index (χ0) is 11.5. The predicted octanol–water partition coefficient (Wildman–Crippen LogP) is 5.62. The van der Waals surface area contributed by atoms with Gasteiger partial charge >= 0.3 is 0 Å². The Bertz CT molecular complexity index is 117. The maximum Gasteiger partial charge on any atom is -0.0417 e. The van der Waals surface area contributed by atoms with Crippen molar-refractivity contribution >= 4 is 0 Å². The summed E-state index contributed by atoms with van der Waals surface area (Å²) in [5.74, 6) is 1.85. The van der Waals surface area contributed by atoms with E-state index in [1.54, 1.807) is 0 Å². The summed E-state index contributed by atoms with van der Waals surface area (Å²) < 4.78 is 0. The Labute approximate surface area is 97.8 Å². The third-order valence-corrected chi connectivity index (χ3v) is 3.62. The Morgan fingerprint density at radius 2 is 1.33 bits per heavy atom. The van der Waals surface area contributed by atoms with Crippen LogP contribution in [0, 0.1) is 18.8 Å². The Hall–Kier alpha value is 0. The highest BCUT2D eigenvalue weighted by Crippen LogP contribution is 2.22. The van der Waals surface area contributed by atoms with Crippen LogP contribution in [-0.2, 0) is 0 Å². The van der Waals surface area contributed by atoms with Crippen molar-refractivity contribution in [3.63, 3.8) is 0 Å². The summed E-state index contributed by atoms with van der Waals surface area (Å²) in [5, 5.41) is 0. The van der Waals surface area contributed by atoms with Crippen LogP contribution in [0.15, 0.2) is 0 Å². The van der Waals surface area contributed by atoms with E-state index in [0.717, 1.165) is 18.3 Å². The average Bonchev–Trinajstić information content (AvgIpc) is 2.23. The van der Waals surface area contributed by atoms with Gasteiger partial charge in [-0.25, -0.2) is 0 Å². The van der Waals surface area contributed by atoms with Gasteiger partial charge in [0.05, 0.1) is 0 Å². The van der Waals surface area contributed by atoms with Crippen molar-refractivity contribution in [1.29, 1.82) is 0 Å². The lowest BCUT2D eigenvalue weighted by Crippen LogP contribution is -2.07. The smallest absolute Gasteiger partial charge is 0.0417 e. The van der Waals surface area contributed by atoms with E-state index < -0.39 is 0 Å². The van der Waals surface area contributed by atoms with Crippen LogP contribution in [-0.4, -0.2) is 0 Å². The molecular formula is C15H31. The highest BCUT2D eigenvalue weighted by Gasteiger charge is 2.10. The summed E-state index contributed by atoms with van der Waals surface area (Å²) in [4.78, 5) is 0. The molecule has 0 bridgehead atoms. The van der Waals surface area contributed by atoms with Gasteiger partial charge in [0.2, 0.25) is 0 Å². The van der Waals surface area contributed by atoms with Crippen molar-refractivity contribution in [1.82, 2.24) is 0 Å². The third kappa shape index (κ3) is 8.96. The molecular weight excluding hydrogens is 180 g/mol. The highest BCUT2D eigenvalue weighted by molar-refractivity contribution is 4.61. The Kier molecular flexibility index (Phi) is 10.5. The lowest BCUT2D eigenvalue weighted by molar-refractivity contribution is 0.330. The molecule has 0 aromatic heterocycles. The summed E-state index contributed by atoms with van der Waals surface area (Å²) in [7, 11) is 0. The molecule has 91 valence electrons. The minimum absolute atomic E-state index is 0.926. The van der Waals surface area contributed by atoms with Gasteiger partial charge in [0, 0.05) is 0 Å². The van der Waals surface area contributed by atoms with Crippen LogP contribution in [0.4, 0.5) is 0 Å². The van der Waals surface area contributed by atoms with E-state index in [2.05, 4.69) is 27.7 Å². The van der Waals surface area contributed by atoms with Gasteiger partial charge in [-0.05, 0) is 11.8 Å². The zero-order valence-corrected chi connectivity index (χ0v) is 11.2. The second-order valence-electron chi connectivity index (χ2n) is 5.15. The number of hydrogen-bond acceptors (Lipinski definition) is 0. The molecule has 15 heavy (non-hydrogen) atoms. The summed E-state index contributed by atoms with van der Waals surface area (Å²) in [6, 6.07) is 0. The molecule has 0 nitrogen and oxygen atoms in total. The molecule has 0 N–H and O–H groups in total. The van der Waals surface area contributed by atoms with Gasteiger partial charge in [0.25, 0.3) is 0 Å². The first kappa shape index (κ1) is 15.0. The predicted molar refractivity (Wildman–Crippen MR) is 70.9 cm³/mol. The van der Waals surface area contributed by atoms with Crippen molar-refractivity contribution in [3.8, 4) is 0 Å². The van der Waals surface area contributed by atoms with Crippen LogP contribution >= 0.6 is 0 Å². The lowest BCUT2D eigenvalue weighted by atomic mass is 9.87. The van der Waals surface area contributed by atoms with Crippen molar-refractivity contribution in [3.05, 3.63) is 6.92 Å². The Morgan fingerprint density at radius 3 is 1.93 bits per heavy atom. The third-order valence-electron chi connectivity index (χ3n) is 3.62. The number of hydrogen-bond donors (Lipinski definition) is 0. The fourth-order valence-corrected chi connectivity index (χ4v) is 2.20. The first-order chi connectivity index (χ1) is 7.22. The molecule has 0 amide bonds. The molecule has 0 heteroatoms. The van der Waals surface area contributed by atoms with Gasteiger partial charge in [-0.1, -0.05) is 85.5 Å². The Balaban J connectivity index is 3.26. The molecule has 0 aromatic rings. The minimum atomic E-state index is 0.926. The largest absolute Gasteiger partial charge is 0.0654 e. The van der Waals surface area contributed by atoms with Crippen LogP contribution < -0.4 is 0 Å². The van der Waals surface area contributed by atoms with Crippen LogP contribution in [0.2, 0.25) is 0 Å². The summed E-state index contributed by atoms with van der Waals surface area (Å²) in [6.45, 7) is 11.0. The molecule has 0 rings (SSSR count). The Morgan fingerprint density at radius 1 is 0.800 bits per heavy atom. The molecule has 2 unspecified atom stereocenters.